The number of anilines is 1. The number of carboxylic acid groups (broad SMARTS) is 1. The Labute approximate surface area is 139 Å². The minimum Gasteiger partial charge on any atom is -0.481 e. The highest BCUT2D eigenvalue weighted by molar-refractivity contribution is 6.35. The van der Waals surface area contributed by atoms with E-state index in [2.05, 4.69) is 5.32 Å². The second-order valence-electron chi connectivity index (χ2n) is 5.63. The molecule has 0 aliphatic heterocycles. The van der Waals surface area contributed by atoms with Crippen LogP contribution in [-0.2, 0) is 9.59 Å². The Morgan fingerprint density at radius 3 is 2.32 bits per heavy atom. The van der Waals surface area contributed by atoms with E-state index in [1.165, 1.54) is 0 Å². The molecule has 2 unspecified atom stereocenters. The third-order valence-electron chi connectivity index (χ3n) is 4.11. The number of hydrogen-bond acceptors (Lipinski definition) is 2. The molecule has 0 radical (unpaired) electrons. The van der Waals surface area contributed by atoms with E-state index in [4.69, 9.17) is 23.2 Å². The van der Waals surface area contributed by atoms with Gasteiger partial charge in [-0.1, -0.05) is 34.3 Å². The van der Waals surface area contributed by atoms with Crippen LogP contribution >= 0.6 is 23.2 Å². The molecule has 0 aromatic heterocycles. The Kier molecular flexibility index (Phi) is 5.14. The summed E-state index contributed by atoms with van der Waals surface area (Å²) < 4.78 is 0. The molecule has 2 rings (SSSR count). The van der Waals surface area contributed by atoms with Gasteiger partial charge in [0.1, 0.15) is 0 Å². The van der Waals surface area contributed by atoms with Crippen molar-refractivity contribution < 1.29 is 14.7 Å². The van der Waals surface area contributed by atoms with Gasteiger partial charge in [0.2, 0.25) is 5.91 Å². The van der Waals surface area contributed by atoms with Crippen molar-refractivity contribution in [2.24, 2.45) is 11.8 Å². The zero-order chi connectivity index (χ0) is 16.4. The summed E-state index contributed by atoms with van der Waals surface area (Å²) in [6.07, 6.45) is 0.829. The number of halogens is 2. The Bertz CT molecular complexity index is 655. The van der Waals surface area contributed by atoms with Crippen LogP contribution in [0, 0.1) is 11.8 Å². The van der Waals surface area contributed by atoms with Crippen molar-refractivity contribution in [1.29, 1.82) is 0 Å². The number of aliphatic carboxylic acids is 1. The third-order valence-corrected chi connectivity index (χ3v) is 4.67. The van der Waals surface area contributed by atoms with Gasteiger partial charge in [-0.05, 0) is 44.9 Å². The monoisotopic (exact) mass is 341 g/mol. The van der Waals surface area contributed by atoms with Gasteiger partial charge in [0.15, 0.2) is 0 Å². The first kappa shape index (κ1) is 16.8. The fourth-order valence-electron chi connectivity index (χ4n) is 2.65. The Hall–Kier alpha value is -1.52. The maximum Gasteiger partial charge on any atom is 0.307 e. The van der Waals surface area contributed by atoms with Crippen LogP contribution in [0.1, 0.15) is 26.7 Å². The van der Waals surface area contributed by atoms with Crippen molar-refractivity contribution >= 4 is 40.8 Å². The molecule has 4 nitrogen and oxygen atoms in total. The van der Waals surface area contributed by atoms with E-state index < -0.39 is 17.8 Å². The number of allylic oxidation sites excluding steroid dienone is 2. The zero-order valence-electron chi connectivity index (χ0n) is 12.3. The summed E-state index contributed by atoms with van der Waals surface area (Å²) in [7, 11) is 0. The van der Waals surface area contributed by atoms with Gasteiger partial charge < -0.3 is 10.4 Å². The van der Waals surface area contributed by atoms with Gasteiger partial charge in [0.25, 0.3) is 0 Å². The molecule has 1 aromatic carbocycles. The van der Waals surface area contributed by atoms with Crippen molar-refractivity contribution in [1.82, 2.24) is 0 Å². The van der Waals surface area contributed by atoms with E-state index in [0.717, 1.165) is 11.1 Å². The van der Waals surface area contributed by atoms with E-state index in [9.17, 15) is 14.7 Å². The molecule has 0 bridgehead atoms. The molecule has 0 saturated heterocycles. The lowest BCUT2D eigenvalue weighted by Gasteiger charge is -2.29. The van der Waals surface area contributed by atoms with Crippen LogP contribution in [0.2, 0.25) is 10.0 Å². The largest absolute Gasteiger partial charge is 0.481 e. The second kappa shape index (κ2) is 6.71. The van der Waals surface area contributed by atoms with Crippen molar-refractivity contribution in [2.75, 3.05) is 5.32 Å². The molecule has 0 fully saturated rings. The molecular formula is C16H17Cl2NO3. The smallest absolute Gasteiger partial charge is 0.307 e. The molecule has 22 heavy (non-hydrogen) atoms. The average molecular weight is 342 g/mol. The fourth-order valence-corrected chi connectivity index (χ4v) is 2.98. The van der Waals surface area contributed by atoms with E-state index >= 15 is 0 Å². The van der Waals surface area contributed by atoms with Crippen molar-refractivity contribution in [2.45, 2.75) is 26.7 Å². The predicted molar refractivity (Wildman–Crippen MR) is 87.3 cm³/mol. The lowest BCUT2D eigenvalue weighted by Crippen LogP contribution is -2.36. The van der Waals surface area contributed by atoms with Crippen LogP contribution in [0.5, 0.6) is 0 Å². The van der Waals surface area contributed by atoms with Gasteiger partial charge in [-0.2, -0.15) is 0 Å². The molecule has 2 N–H and O–H groups in total. The summed E-state index contributed by atoms with van der Waals surface area (Å²) in [5.74, 6) is -2.63. The first-order chi connectivity index (χ1) is 10.3. The quantitative estimate of drug-likeness (QED) is 0.801. The first-order valence-corrected chi connectivity index (χ1v) is 7.69. The molecule has 1 amide bonds. The molecular weight excluding hydrogens is 325 g/mol. The highest BCUT2D eigenvalue weighted by Crippen LogP contribution is 2.35. The van der Waals surface area contributed by atoms with Gasteiger partial charge in [-0.3, -0.25) is 9.59 Å². The Morgan fingerprint density at radius 1 is 1.14 bits per heavy atom. The van der Waals surface area contributed by atoms with Crippen molar-refractivity contribution in [3.63, 3.8) is 0 Å². The van der Waals surface area contributed by atoms with Crippen LogP contribution in [0.4, 0.5) is 5.69 Å². The van der Waals surface area contributed by atoms with Gasteiger partial charge >= 0.3 is 5.97 Å². The lowest BCUT2D eigenvalue weighted by molar-refractivity contribution is -0.146. The summed E-state index contributed by atoms with van der Waals surface area (Å²) in [5.41, 5.74) is 2.50. The van der Waals surface area contributed by atoms with E-state index in [-0.39, 0.29) is 5.91 Å². The van der Waals surface area contributed by atoms with Gasteiger partial charge in [-0.15, -0.1) is 0 Å². The van der Waals surface area contributed by atoms with Crippen LogP contribution in [-0.4, -0.2) is 17.0 Å². The number of rotatable bonds is 3. The molecule has 0 saturated carbocycles. The maximum absolute atomic E-state index is 12.5. The highest BCUT2D eigenvalue weighted by atomic mass is 35.5. The standard InChI is InChI=1S/C16H17Cl2NO3/c1-8-5-11(12(16(21)22)6-9(8)2)15(20)19-14-7-10(17)3-4-13(14)18/h3-4,7,11-12H,5-6H2,1-2H3,(H,19,20)(H,21,22). The summed E-state index contributed by atoms with van der Waals surface area (Å²) in [6, 6.07) is 4.76. The third kappa shape index (κ3) is 3.62. The number of hydrogen-bond donors (Lipinski definition) is 2. The SMILES string of the molecule is CC1=C(C)CC(C(=O)Nc2cc(Cl)ccc2Cl)C(C(=O)O)C1. The molecule has 2 atom stereocenters. The van der Waals surface area contributed by atoms with Gasteiger partial charge in [0.05, 0.1) is 22.5 Å². The normalized spacial score (nSPS) is 21.6. The van der Waals surface area contributed by atoms with E-state index in [0.29, 0.717) is 28.6 Å². The van der Waals surface area contributed by atoms with Crippen molar-refractivity contribution in [3.05, 3.63) is 39.4 Å². The first-order valence-electron chi connectivity index (χ1n) is 6.93. The molecule has 0 spiro atoms. The molecule has 118 valence electrons. The minimum absolute atomic E-state index is 0.344. The molecule has 1 aromatic rings. The number of carbonyl (C=O) groups is 2. The summed E-state index contributed by atoms with van der Waals surface area (Å²) in [6.45, 7) is 3.84. The minimum atomic E-state index is -0.954. The average Bonchev–Trinajstić information content (AvgIpc) is 2.45. The molecule has 0 heterocycles. The number of benzene rings is 1. The maximum atomic E-state index is 12.5. The van der Waals surface area contributed by atoms with Gasteiger partial charge in [0, 0.05) is 5.02 Å². The number of amides is 1. The van der Waals surface area contributed by atoms with Crippen LogP contribution in [0.15, 0.2) is 29.3 Å². The molecule has 1 aliphatic carbocycles. The van der Waals surface area contributed by atoms with E-state index in [1.807, 2.05) is 13.8 Å². The predicted octanol–water partition coefficient (Wildman–Crippen LogP) is 4.38. The van der Waals surface area contributed by atoms with Gasteiger partial charge in [-0.25, -0.2) is 0 Å². The van der Waals surface area contributed by atoms with E-state index in [1.54, 1.807) is 18.2 Å². The van der Waals surface area contributed by atoms with Crippen LogP contribution in [0.25, 0.3) is 0 Å². The number of carboxylic acids is 1. The zero-order valence-corrected chi connectivity index (χ0v) is 13.8. The topological polar surface area (TPSA) is 66.4 Å². The highest BCUT2D eigenvalue weighted by Gasteiger charge is 2.37. The van der Waals surface area contributed by atoms with Crippen molar-refractivity contribution in [3.8, 4) is 0 Å². The van der Waals surface area contributed by atoms with Crippen LogP contribution < -0.4 is 5.32 Å². The fraction of sp³-hybridized carbons (Fsp3) is 0.375. The second-order valence-corrected chi connectivity index (χ2v) is 6.48. The summed E-state index contributed by atoms with van der Waals surface area (Å²) >= 11 is 11.9. The molecule has 1 aliphatic rings. The Balaban J connectivity index is 2.23. The number of carbonyl (C=O) groups excluding carboxylic acids is 1. The Morgan fingerprint density at radius 2 is 1.73 bits per heavy atom. The number of nitrogens with one attached hydrogen (secondary N) is 1. The summed E-state index contributed by atoms with van der Waals surface area (Å²) in [5, 5.41) is 12.9. The van der Waals surface area contributed by atoms with Crippen LogP contribution in [0.3, 0.4) is 0 Å². The molecule has 6 heteroatoms. The summed E-state index contributed by atoms with van der Waals surface area (Å²) in [4.78, 5) is 23.9. The lowest BCUT2D eigenvalue weighted by atomic mass is 9.76.